The monoisotopic (exact) mass is 369 g/mol. The van der Waals surface area contributed by atoms with Gasteiger partial charge < -0.3 is 11.1 Å². The zero-order valence-corrected chi connectivity index (χ0v) is 15.4. The van der Waals surface area contributed by atoms with Crippen LogP contribution in [0.5, 0.6) is 0 Å². The highest BCUT2D eigenvalue weighted by molar-refractivity contribution is 8.00. The number of primary amides is 1. The minimum absolute atomic E-state index is 0.0883. The number of rotatable bonds is 7. The van der Waals surface area contributed by atoms with Crippen LogP contribution in [-0.2, 0) is 22.6 Å². The van der Waals surface area contributed by atoms with E-state index in [1.165, 1.54) is 0 Å². The largest absolute Gasteiger partial charge is 0.370 e. The fourth-order valence-electron chi connectivity index (χ4n) is 3.21. The van der Waals surface area contributed by atoms with Gasteiger partial charge in [0.15, 0.2) is 4.99 Å². The number of carbonyl (C=O) groups is 2. The molecule has 0 bridgehead atoms. The molecule has 5 nitrogen and oxygen atoms in total. The van der Waals surface area contributed by atoms with E-state index in [-0.39, 0.29) is 18.7 Å². The van der Waals surface area contributed by atoms with Gasteiger partial charge in [-0.25, -0.2) is 0 Å². The van der Waals surface area contributed by atoms with Crippen molar-refractivity contribution in [1.29, 1.82) is 0 Å². The van der Waals surface area contributed by atoms with Crippen molar-refractivity contribution in [1.82, 2.24) is 10.2 Å². The van der Waals surface area contributed by atoms with Gasteiger partial charge in [-0.3, -0.25) is 14.5 Å². The highest BCUT2D eigenvalue weighted by Gasteiger charge is 2.44. The fourth-order valence-corrected chi connectivity index (χ4v) is 4.63. The van der Waals surface area contributed by atoms with Gasteiger partial charge in [0.2, 0.25) is 11.8 Å². The Morgan fingerprint density at radius 3 is 2.27 bits per heavy atom. The Hall–Kier alpha value is -2.31. The minimum atomic E-state index is -0.784. The average Bonchev–Trinajstić information content (AvgIpc) is 2.97. The zero-order valence-electron chi connectivity index (χ0n) is 14.6. The van der Waals surface area contributed by atoms with Crippen LogP contribution in [0.2, 0.25) is 0 Å². The number of carbonyl (C=O) groups excluding carboxylic acids is 2. The van der Waals surface area contributed by atoms with Crippen molar-refractivity contribution in [3.05, 3.63) is 71.8 Å². The van der Waals surface area contributed by atoms with Gasteiger partial charge in [0.1, 0.15) is 0 Å². The quantitative estimate of drug-likeness (QED) is 0.784. The van der Waals surface area contributed by atoms with E-state index in [1.54, 1.807) is 11.8 Å². The Kier molecular flexibility index (Phi) is 5.96. The van der Waals surface area contributed by atoms with Gasteiger partial charge in [-0.15, -0.1) is 11.8 Å². The molecule has 3 rings (SSSR count). The number of thioether (sulfide) groups is 1. The summed E-state index contributed by atoms with van der Waals surface area (Å²) in [5.74, 6) is 0.313. The third kappa shape index (κ3) is 4.65. The van der Waals surface area contributed by atoms with Crippen LogP contribution in [0.15, 0.2) is 60.7 Å². The second-order valence-electron chi connectivity index (χ2n) is 6.39. The molecule has 0 spiro atoms. The maximum Gasteiger partial charge on any atom is 0.226 e. The summed E-state index contributed by atoms with van der Waals surface area (Å²) in [5.41, 5.74) is 7.59. The number of nitrogens with two attached hydrogens (primary N) is 1. The van der Waals surface area contributed by atoms with Crippen molar-refractivity contribution in [2.75, 3.05) is 12.3 Å². The van der Waals surface area contributed by atoms with E-state index in [1.807, 2.05) is 60.7 Å². The molecule has 2 aromatic rings. The van der Waals surface area contributed by atoms with Crippen LogP contribution in [0.3, 0.4) is 0 Å². The highest BCUT2D eigenvalue weighted by atomic mass is 32.2. The zero-order chi connectivity index (χ0) is 18.4. The predicted octanol–water partition coefficient (Wildman–Crippen LogP) is 2.12. The molecule has 6 heteroatoms. The lowest BCUT2D eigenvalue weighted by molar-refractivity contribution is -0.125. The van der Waals surface area contributed by atoms with Gasteiger partial charge in [-0.2, -0.15) is 0 Å². The van der Waals surface area contributed by atoms with Crippen molar-refractivity contribution in [3.8, 4) is 0 Å². The Balaban J connectivity index is 1.76. The van der Waals surface area contributed by atoms with Gasteiger partial charge in [-0.05, 0) is 11.1 Å². The predicted molar refractivity (Wildman–Crippen MR) is 104 cm³/mol. The second-order valence-corrected chi connectivity index (χ2v) is 7.77. The molecule has 1 heterocycles. The van der Waals surface area contributed by atoms with Crippen molar-refractivity contribution < 1.29 is 9.59 Å². The molecule has 26 heavy (non-hydrogen) atoms. The van der Waals surface area contributed by atoms with E-state index in [4.69, 9.17) is 5.73 Å². The van der Waals surface area contributed by atoms with E-state index in [9.17, 15) is 9.59 Å². The summed E-state index contributed by atoms with van der Waals surface area (Å²) in [6, 6.07) is 19.6. The Bertz CT molecular complexity index is 754. The van der Waals surface area contributed by atoms with E-state index >= 15 is 0 Å². The molecule has 0 radical (unpaired) electrons. The molecule has 2 amide bonds. The van der Waals surface area contributed by atoms with Crippen LogP contribution < -0.4 is 11.1 Å². The van der Waals surface area contributed by atoms with Gasteiger partial charge in [0.25, 0.3) is 0 Å². The number of benzene rings is 2. The molecule has 1 atom stereocenters. The molecule has 0 saturated carbocycles. The van der Waals surface area contributed by atoms with Crippen LogP contribution in [0.25, 0.3) is 0 Å². The first-order valence-electron chi connectivity index (χ1n) is 8.63. The number of hydrogen-bond donors (Lipinski definition) is 2. The Morgan fingerprint density at radius 2 is 1.65 bits per heavy atom. The molecule has 1 aliphatic rings. The lowest BCUT2D eigenvalue weighted by atomic mass is 10.1. The van der Waals surface area contributed by atoms with Gasteiger partial charge in [0.05, 0.1) is 12.8 Å². The smallest absolute Gasteiger partial charge is 0.226 e. The first-order valence-corrected chi connectivity index (χ1v) is 9.62. The van der Waals surface area contributed by atoms with Crippen molar-refractivity contribution >= 4 is 23.6 Å². The minimum Gasteiger partial charge on any atom is -0.370 e. The molecule has 2 aromatic carbocycles. The Labute approximate surface area is 157 Å². The maximum atomic E-state index is 12.6. The summed E-state index contributed by atoms with van der Waals surface area (Å²) in [7, 11) is 0. The summed E-state index contributed by atoms with van der Waals surface area (Å²) < 4.78 is 0. The summed E-state index contributed by atoms with van der Waals surface area (Å²) >= 11 is 1.58. The van der Waals surface area contributed by atoms with Gasteiger partial charge >= 0.3 is 0 Å². The summed E-state index contributed by atoms with van der Waals surface area (Å²) in [5, 5.41) is 3.09. The molecule has 1 aliphatic heterocycles. The summed E-state index contributed by atoms with van der Waals surface area (Å²) in [6.45, 7) is 1.45. The SMILES string of the molecule is NC(=O)CC1(NC(=O)Cc2ccccc2)SCCN1Cc1ccccc1. The molecule has 3 N–H and O–H groups in total. The third-order valence-corrected chi connectivity index (χ3v) is 5.75. The topological polar surface area (TPSA) is 75.4 Å². The molecule has 136 valence electrons. The molecular formula is C20H23N3O2S. The number of nitrogens with zero attached hydrogens (tertiary/aromatic N) is 1. The van der Waals surface area contributed by atoms with Crippen LogP contribution in [0.4, 0.5) is 0 Å². The summed E-state index contributed by atoms with van der Waals surface area (Å²) in [6.07, 6.45) is 0.367. The first kappa shape index (κ1) is 18.5. The summed E-state index contributed by atoms with van der Waals surface area (Å²) in [4.78, 5) is 25.7. The first-order chi connectivity index (χ1) is 12.6. The van der Waals surface area contributed by atoms with Crippen molar-refractivity contribution in [3.63, 3.8) is 0 Å². The molecule has 1 fully saturated rings. The standard InChI is InChI=1S/C20H23N3O2S/c21-18(24)14-20(22-19(25)13-16-7-3-1-4-8-16)23(11-12-26-20)15-17-9-5-2-6-10-17/h1-10H,11-15H2,(H2,21,24)(H,22,25). The fraction of sp³-hybridized carbons (Fsp3) is 0.300. The Morgan fingerprint density at radius 1 is 1.04 bits per heavy atom. The van der Waals surface area contributed by atoms with E-state index in [2.05, 4.69) is 10.2 Å². The number of nitrogens with one attached hydrogen (secondary N) is 1. The van der Waals surface area contributed by atoms with Gasteiger partial charge in [-0.1, -0.05) is 60.7 Å². The van der Waals surface area contributed by atoms with Crippen LogP contribution in [0.1, 0.15) is 17.5 Å². The van der Waals surface area contributed by atoms with E-state index in [0.717, 1.165) is 23.4 Å². The number of hydrogen-bond acceptors (Lipinski definition) is 4. The number of amides is 2. The van der Waals surface area contributed by atoms with Crippen LogP contribution >= 0.6 is 11.8 Å². The van der Waals surface area contributed by atoms with Crippen molar-refractivity contribution in [2.45, 2.75) is 24.4 Å². The molecule has 1 unspecified atom stereocenters. The van der Waals surface area contributed by atoms with Crippen LogP contribution in [-0.4, -0.2) is 34.0 Å². The lowest BCUT2D eigenvalue weighted by Gasteiger charge is -2.37. The molecule has 0 aromatic heterocycles. The molecule has 0 aliphatic carbocycles. The average molecular weight is 369 g/mol. The third-order valence-electron chi connectivity index (χ3n) is 4.39. The van der Waals surface area contributed by atoms with Crippen LogP contribution in [0, 0.1) is 0 Å². The maximum absolute atomic E-state index is 12.6. The normalized spacial score (nSPS) is 20.0. The molecule has 1 saturated heterocycles. The van der Waals surface area contributed by atoms with Gasteiger partial charge in [0, 0.05) is 18.8 Å². The lowest BCUT2D eigenvalue weighted by Crippen LogP contribution is -2.57. The molecular weight excluding hydrogens is 346 g/mol. The second kappa shape index (κ2) is 8.38. The van der Waals surface area contributed by atoms with E-state index < -0.39 is 10.9 Å². The van der Waals surface area contributed by atoms with Crippen molar-refractivity contribution in [2.24, 2.45) is 5.73 Å². The highest BCUT2D eigenvalue weighted by Crippen LogP contribution is 2.37. The van der Waals surface area contributed by atoms with E-state index in [0.29, 0.717) is 6.54 Å².